The van der Waals surface area contributed by atoms with Gasteiger partial charge >= 0.3 is 0 Å². The lowest BCUT2D eigenvalue weighted by Gasteiger charge is -2.07. The van der Waals surface area contributed by atoms with E-state index in [0.29, 0.717) is 0 Å². The zero-order chi connectivity index (χ0) is 29.4. The molecule has 0 saturated heterocycles. The zero-order valence-corrected chi connectivity index (χ0v) is 24.3. The Hall–Kier alpha value is -4.71. The van der Waals surface area contributed by atoms with E-state index in [1.54, 1.807) is 0 Å². The van der Waals surface area contributed by atoms with E-state index in [9.17, 15) is 0 Å². The molecule has 6 nitrogen and oxygen atoms in total. The van der Waals surface area contributed by atoms with E-state index in [4.69, 9.17) is 32.2 Å². The van der Waals surface area contributed by atoms with Gasteiger partial charge in [-0.2, -0.15) is 0 Å². The molecule has 0 aliphatic rings. The molecule has 3 aromatic carbocycles. The number of benzene rings is 3. The molecule has 4 aromatic rings. The smallest absolute Gasteiger partial charge is 0.132 e. The van der Waals surface area contributed by atoms with Gasteiger partial charge in [0.25, 0.3) is 0 Å². The summed E-state index contributed by atoms with van der Waals surface area (Å²) in [5, 5.41) is 0. The lowest BCUT2D eigenvalue weighted by molar-refractivity contribution is 0.681. The van der Waals surface area contributed by atoms with Crippen molar-refractivity contribution >= 4 is 35.3 Å². The molecule has 0 unspecified atom stereocenters. The highest BCUT2D eigenvalue weighted by Gasteiger charge is 2.07. The van der Waals surface area contributed by atoms with Crippen molar-refractivity contribution in [3.8, 4) is 0 Å². The zero-order valence-electron chi connectivity index (χ0n) is 24.3. The molecule has 0 fully saturated rings. The summed E-state index contributed by atoms with van der Waals surface area (Å²) in [6, 6.07) is 23.8. The van der Waals surface area contributed by atoms with E-state index in [1.807, 2.05) is 72.8 Å². The summed E-state index contributed by atoms with van der Waals surface area (Å²) in [7, 11) is 0. The lowest BCUT2D eigenvalue weighted by atomic mass is 10.1. The van der Waals surface area contributed by atoms with Crippen LogP contribution in [0.3, 0.4) is 0 Å². The van der Waals surface area contributed by atoms with E-state index in [1.165, 1.54) is 0 Å². The summed E-state index contributed by atoms with van der Waals surface area (Å²) in [4.78, 5) is 14.5. The van der Waals surface area contributed by atoms with Crippen molar-refractivity contribution in [1.29, 1.82) is 0 Å². The minimum Gasteiger partial charge on any atom is -0.399 e. The predicted molar refractivity (Wildman–Crippen MR) is 178 cm³/mol. The summed E-state index contributed by atoms with van der Waals surface area (Å²) in [5.41, 5.74) is 23.2. The van der Waals surface area contributed by atoms with Crippen LogP contribution in [0.15, 0.2) is 91.0 Å². The molecule has 0 aliphatic carbocycles. The van der Waals surface area contributed by atoms with Crippen LogP contribution in [0.4, 0.5) is 17.1 Å². The summed E-state index contributed by atoms with van der Waals surface area (Å²) in [6.07, 6.45) is 21.4. The topological polar surface area (TPSA) is 117 Å². The Bertz CT molecular complexity index is 1260. The van der Waals surface area contributed by atoms with Crippen LogP contribution in [0.1, 0.15) is 72.7 Å². The number of nitrogens with zero attached hydrogens (tertiary/aromatic N) is 3. The minimum atomic E-state index is 0.782. The Balaban J connectivity index is 1.30. The molecule has 42 heavy (non-hydrogen) atoms. The van der Waals surface area contributed by atoms with Gasteiger partial charge in [0.15, 0.2) is 0 Å². The number of nitrogen functional groups attached to an aromatic ring is 3. The quantitative estimate of drug-likeness (QED) is 0.102. The van der Waals surface area contributed by atoms with Gasteiger partial charge in [0, 0.05) is 36.3 Å². The Morgan fingerprint density at radius 1 is 0.405 bits per heavy atom. The SMILES string of the molecule is Nc1ccc(C=CCCCc2nc(CCCC=Cc3ccc(N)cc3)nc(CCCC=Cc3ccc(N)cc3)n2)cc1. The van der Waals surface area contributed by atoms with Crippen molar-refractivity contribution in [2.24, 2.45) is 0 Å². The normalized spacial score (nSPS) is 11.7. The third-order valence-electron chi connectivity index (χ3n) is 6.83. The highest BCUT2D eigenvalue weighted by atomic mass is 15.0. The molecule has 1 heterocycles. The highest BCUT2D eigenvalue weighted by Crippen LogP contribution is 2.13. The van der Waals surface area contributed by atoms with Gasteiger partial charge in [-0.25, -0.2) is 15.0 Å². The number of aryl methyl sites for hydroxylation is 3. The minimum absolute atomic E-state index is 0.782. The van der Waals surface area contributed by atoms with Crippen molar-refractivity contribution in [1.82, 2.24) is 15.0 Å². The Labute approximate surface area is 250 Å². The molecule has 216 valence electrons. The average molecular weight is 559 g/mol. The van der Waals surface area contributed by atoms with E-state index in [0.717, 1.165) is 109 Å². The van der Waals surface area contributed by atoms with Crippen molar-refractivity contribution in [3.05, 3.63) is 125 Å². The molecular formula is C36H42N6. The van der Waals surface area contributed by atoms with E-state index in [-0.39, 0.29) is 0 Å². The fraction of sp³-hybridized carbons (Fsp3) is 0.250. The van der Waals surface area contributed by atoms with E-state index < -0.39 is 0 Å². The summed E-state index contributed by atoms with van der Waals surface area (Å²) < 4.78 is 0. The summed E-state index contributed by atoms with van der Waals surface area (Å²) in [5.74, 6) is 2.68. The predicted octanol–water partition coefficient (Wildman–Crippen LogP) is 7.73. The van der Waals surface area contributed by atoms with Gasteiger partial charge in [-0.3, -0.25) is 0 Å². The Kier molecular flexibility index (Phi) is 11.9. The molecule has 0 aliphatic heterocycles. The second kappa shape index (κ2) is 16.5. The second-order valence-electron chi connectivity index (χ2n) is 10.5. The number of rotatable bonds is 15. The van der Waals surface area contributed by atoms with E-state index in [2.05, 4.69) is 36.5 Å². The number of anilines is 3. The first-order chi connectivity index (χ1) is 20.5. The number of hydrogen-bond donors (Lipinski definition) is 3. The number of hydrogen-bond acceptors (Lipinski definition) is 6. The third-order valence-corrected chi connectivity index (χ3v) is 6.83. The lowest BCUT2D eigenvalue weighted by Crippen LogP contribution is -2.08. The van der Waals surface area contributed by atoms with Gasteiger partial charge in [0.1, 0.15) is 17.5 Å². The first-order valence-corrected chi connectivity index (χ1v) is 14.8. The molecule has 0 bridgehead atoms. The van der Waals surface area contributed by atoms with Gasteiger partial charge in [-0.1, -0.05) is 72.9 Å². The molecule has 0 spiro atoms. The van der Waals surface area contributed by atoms with Gasteiger partial charge in [-0.15, -0.1) is 0 Å². The van der Waals surface area contributed by atoms with Gasteiger partial charge < -0.3 is 17.2 Å². The maximum Gasteiger partial charge on any atom is 0.132 e. The third kappa shape index (κ3) is 11.0. The van der Waals surface area contributed by atoms with Crippen LogP contribution in [-0.4, -0.2) is 15.0 Å². The largest absolute Gasteiger partial charge is 0.399 e. The fourth-order valence-electron chi connectivity index (χ4n) is 4.47. The van der Waals surface area contributed by atoms with Crippen molar-refractivity contribution in [2.75, 3.05) is 17.2 Å². The monoisotopic (exact) mass is 558 g/mol. The molecule has 4 rings (SSSR count). The Morgan fingerprint density at radius 3 is 0.929 bits per heavy atom. The van der Waals surface area contributed by atoms with Crippen LogP contribution in [0, 0.1) is 0 Å². The van der Waals surface area contributed by atoms with Gasteiger partial charge in [0.2, 0.25) is 0 Å². The van der Waals surface area contributed by atoms with Crippen LogP contribution in [0.25, 0.3) is 18.2 Å². The van der Waals surface area contributed by atoms with Crippen molar-refractivity contribution in [2.45, 2.75) is 57.8 Å². The molecule has 0 radical (unpaired) electrons. The van der Waals surface area contributed by atoms with Crippen LogP contribution < -0.4 is 17.2 Å². The molecule has 6 N–H and O–H groups in total. The first kappa shape index (κ1) is 30.3. The van der Waals surface area contributed by atoms with Crippen LogP contribution in [-0.2, 0) is 19.3 Å². The standard InChI is InChI=1S/C36H42N6/c37-31-22-16-28(17-23-31)10-4-1-7-13-34-40-35(14-8-2-5-11-29-18-24-32(38)25-19-29)42-36(41-34)15-9-3-6-12-30-20-26-33(39)27-21-30/h4-6,10-12,16-27H,1-3,7-9,13-15,37-39H2. The van der Waals surface area contributed by atoms with Gasteiger partial charge in [-0.05, 0) is 91.6 Å². The first-order valence-electron chi connectivity index (χ1n) is 14.8. The number of aromatic nitrogens is 3. The molecule has 1 aromatic heterocycles. The van der Waals surface area contributed by atoms with Crippen molar-refractivity contribution in [3.63, 3.8) is 0 Å². The second-order valence-corrected chi connectivity index (χ2v) is 10.5. The summed E-state index contributed by atoms with van der Waals surface area (Å²) >= 11 is 0. The molecule has 6 heteroatoms. The van der Waals surface area contributed by atoms with Gasteiger partial charge in [0.05, 0.1) is 0 Å². The number of unbranched alkanes of at least 4 members (excludes halogenated alkanes) is 3. The van der Waals surface area contributed by atoms with Crippen LogP contribution in [0.5, 0.6) is 0 Å². The number of allylic oxidation sites excluding steroid dienone is 3. The molecule has 0 amide bonds. The fourth-order valence-corrected chi connectivity index (χ4v) is 4.47. The van der Waals surface area contributed by atoms with Crippen LogP contribution in [0.2, 0.25) is 0 Å². The molecule has 0 atom stereocenters. The molecule has 0 saturated carbocycles. The van der Waals surface area contributed by atoms with Crippen LogP contribution >= 0.6 is 0 Å². The maximum atomic E-state index is 5.78. The number of nitrogens with two attached hydrogens (primary N) is 3. The highest BCUT2D eigenvalue weighted by molar-refractivity contribution is 5.54. The molecular weight excluding hydrogens is 516 g/mol. The Morgan fingerprint density at radius 2 is 0.667 bits per heavy atom. The summed E-state index contributed by atoms with van der Waals surface area (Å²) in [6.45, 7) is 0. The van der Waals surface area contributed by atoms with E-state index >= 15 is 0 Å². The van der Waals surface area contributed by atoms with Crippen molar-refractivity contribution < 1.29 is 0 Å². The maximum absolute atomic E-state index is 5.78. The average Bonchev–Trinajstić information content (AvgIpc) is 2.99.